The zero-order valence-corrected chi connectivity index (χ0v) is 17.9. The van der Waals surface area contributed by atoms with Crippen LogP contribution in [0.4, 0.5) is 0 Å². The average molecular weight is 421 g/mol. The summed E-state index contributed by atoms with van der Waals surface area (Å²) in [6.45, 7) is 4.43. The lowest BCUT2D eigenvalue weighted by atomic mass is 9.90. The molecule has 31 heavy (non-hydrogen) atoms. The van der Waals surface area contributed by atoms with Gasteiger partial charge in [-0.1, -0.05) is 43.3 Å². The number of ether oxygens (including phenoxy) is 1. The minimum atomic E-state index is -1.00. The maximum absolute atomic E-state index is 12.5. The van der Waals surface area contributed by atoms with Crippen LogP contribution < -0.4 is 10.5 Å². The van der Waals surface area contributed by atoms with Crippen molar-refractivity contribution < 1.29 is 19.4 Å². The number of nitrogens with two attached hydrogens (primary N) is 1. The Labute approximate surface area is 181 Å². The number of carbonyl (C=O) groups is 2. The number of carbonyl (C=O) groups excluding carboxylic acids is 1. The second-order valence-electron chi connectivity index (χ2n) is 8.29. The molecule has 3 N–H and O–H groups in total. The molecule has 1 heterocycles. The van der Waals surface area contributed by atoms with Gasteiger partial charge in [0, 0.05) is 17.6 Å². The molecule has 1 saturated carbocycles. The van der Waals surface area contributed by atoms with Crippen LogP contribution in [0, 0.1) is 12.8 Å². The highest BCUT2D eigenvalue weighted by Crippen LogP contribution is 2.48. The molecule has 2 unspecified atom stereocenters. The molecule has 1 aliphatic rings. The summed E-state index contributed by atoms with van der Waals surface area (Å²) in [6.07, 6.45) is 1.32. The molecule has 1 fully saturated rings. The van der Waals surface area contributed by atoms with E-state index >= 15 is 0 Å². The predicted molar refractivity (Wildman–Crippen MR) is 119 cm³/mol. The number of nitrogens with zero attached hydrogens (tertiary/aromatic N) is 1. The molecular formula is C25H28N2O4. The first kappa shape index (κ1) is 21.0. The van der Waals surface area contributed by atoms with Gasteiger partial charge in [0.2, 0.25) is 5.91 Å². The Hall–Kier alpha value is -3.28. The van der Waals surface area contributed by atoms with Crippen molar-refractivity contribution in [3.63, 3.8) is 0 Å². The van der Waals surface area contributed by atoms with Gasteiger partial charge in [0.1, 0.15) is 5.75 Å². The number of hydrogen-bond acceptors (Lipinski definition) is 3. The normalized spacial score (nSPS) is 15.5. The van der Waals surface area contributed by atoms with Gasteiger partial charge < -0.3 is 20.1 Å². The number of carboxylic acid groups (broad SMARTS) is 1. The van der Waals surface area contributed by atoms with Crippen molar-refractivity contribution in [2.75, 3.05) is 0 Å². The lowest BCUT2D eigenvalue weighted by molar-refractivity contribution is -0.145. The van der Waals surface area contributed by atoms with E-state index in [0.717, 1.165) is 40.6 Å². The van der Waals surface area contributed by atoms with Gasteiger partial charge in [-0.15, -0.1) is 0 Å². The molecule has 6 heteroatoms. The monoisotopic (exact) mass is 420 g/mol. The minimum absolute atomic E-state index is 0.224. The van der Waals surface area contributed by atoms with Crippen molar-refractivity contribution in [1.82, 2.24) is 4.57 Å². The largest absolute Gasteiger partial charge is 0.479 e. The van der Waals surface area contributed by atoms with Crippen LogP contribution in [0.3, 0.4) is 0 Å². The molecule has 1 aliphatic carbocycles. The van der Waals surface area contributed by atoms with Gasteiger partial charge in [-0.3, -0.25) is 4.79 Å². The van der Waals surface area contributed by atoms with Gasteiger partial charge in [0.15, 0.2) is 6.10 Å². The third-order valence-electron chi connectivity index (χ3n) is 6.17. The van der Waals surface area contributed by atoms with Gasteiger partial charge in [-0.2, -0.15) is 0 Å². The van der Waals surface area contributed by atoms with Crippen LogP contribution in [-0.2, 0) is 16.1 Å². The molecule has 6 nitrogen and oxygen atoms in total. The maximum atomic E-state index is 12.5. The second-order valence-corrected chi connectivity index (χ2v) is 8.29. The molecule has 2 aromatic carbocycles. The summed E-state index contributed by atoms with van der Waals surface area (Å²) < 4.78 is 8.14. The highest BCUT2D eigenvalue weighted by Gasteiger charge is 2.40. The number of primary amides is 1. The Morgan fingerprint density at radius 2 is 1.87 bits per heavy atom. The van der Waals surface area contributed by atoms with Crippen LogP contribution in [0.5, 0.6) is 5.75 Å². The van der Waals surface area contributed by atoms with E-state index in [1.807, 2.05) is 37.3 Å². The first-order valence-electron chi connectivity index (χ1n) is 10.8. The molecule has 1 amide bonds. The molecule has 0 aliphatic heterocycles. The molecular weight excluding hydrogens is 392 g/mol. The minimum Gasteiger partial charge on any atom is -0.479 e. The molecule has 1 aromatic heterocycles. The van der Waals surface area contributed by atoms with Crippen LogP contribution in [0.15, 0.2) is 48.5 Å². The molecule has 0 saturated heterocycles. The third kappa shape index (κ3) is 4.02. The predicted octanol–water partition coefficient (Wildman–Crippen LogP) is 4.22. The lowest BCUT2D eigenvalue weighted by Gasteiger charge is -2.17. The molecule has 162 valence electrons. The number of benzene rings is 2. The van der Waals surface area contributed by atoms with Gasteiger partial charge in [-0.05, 0) is 55.4 Å². The fraction of sp³-hybridized carbons (Fsp3) is 0.360. The van der Waals surface area contributed by atoms with Crippen molar-refractivity contribution in [2.45, 2.75) is 51.7 Å². The van der Waals surface area contributed by atoms with E-state index in [4.69, 9.17) is 10.5 Å². The smallest absolute Gasteiger partial charge is 0.344 e. The Morgan fingerprint density at radius 3 is 2.45 bits per heavy atom. The molecule has 3 aromatic rings. The van der Waals surface area contributed by atoms with E-state index in [1.54, 1.807) is 13.0 Å². The summed E-state index contributed by atoms with van der Waals surface area (Å²) in [5.74, 6) is -1.04. The highest BCUT2D eigenvalue weighted by atomic mass is 16.5. The zero-order chi connectivity index (χ0) is 22.1. The number of carboxylic acids is 1. The first-order chi connectivity index (χ1) is 14.9. The van der Waals surface area contributed by atoms with E-state index in [9.17, 15) is 14.7 Å². The topological polar surface area (TPSA) is 94.5 Å². The van der Waals surface area contributed by atoms with Crippen LogP contribution in [0.25, 0.3) is 10.9 Å². The average Bonchev–Trinajstić information content (AvgIpc) is 3.54. The number of amides is 1. The second kappa shape index (κ2) is 8.46. The zero-order valence-electron chi connectivity index (χ0n) is 17.9. The first-order valence-corrected chi connectivity index (χ1v) is 10.8. The molecule has 0 spiro atoms. The summed E-state index contributed by atoms with van der Waals surface area (Å²) in [5.41, 5.74) is 9.77. The van der Waals surface area contributed by atoms with Crippen LogP contribution in [0.1, 0.15) is 48.9 Å². The Kier molecular flexibility index (Phi) is 5.72. The van der Waals surface area contributed by atoms with E-state index in [1.165, 1.54) is 0 Å². The molecule has 0 radical (unpaired) electrons. The highest BCUT2D eigenvalue weighted by molar-refractivity contribution is 5.97. The van der Waals surface area contributed by atoms with Crippen molar-refractivity contribution in [1.29, 1.82) is 0 Å². The Morgan fingerprint density at radius 1 is 1.16 bits per heavy atom. The fourth-order valence-corrected chi connectivity index (χ4v) is 4.47. The maximum Gasteiger partial charge on any atom is 0.344 e. The molecule has 4 rings (SSSR count). The molecule has 2 atom stereocenters. The van der Waals surface area contributed by atoms with Crippen molar-refractivity contribution >= 4 is 22.8 Å². The number of aliphatic carboxylic acids is 1. The van der Waals surface area contributed by atoms with Crippen LogP contribution in [-0.4, -0.2) is 27.7 Å². The number of aromatic nitrogens is 1. The van der Waals surface area contributed by atoms with E-state index < -0.39 is 18.0 Å². The van der Waals surface area contributed by atoms with Gasteiger partial charge >= 0.3 is 5.97 Å². The van der Waals surface area contributed by atoms with Crippen LogP contribution >= 0.6 is 0 Å². The SMILES string of the molecule is CCC(Oc1cccc2c1c(C(C(N)=O)C1CC1)c(C)n2Cc1ccccc1)C(=O)O. The van der Waals surface area contributed by atoms with Crippen LogP contribution in [0.2, 0.25) is 0 Å². The number of hydrogen-bond donors (Lipinski definition) is 2. The lowest BCUT2D eigenvalue weighted by Crippen LogP contribution is -2.26. The van der Waals surface area contributed by atoms with E-state index in [-0.39, 0.29) is 11.8 Å². The third-order valence-corrected chi connectivity index (χ3v) is 6.17. The Bertz CT molecular complexity index is 1120. The summed E-state index contributed by atoms with van der Waals surface area (Å²) in [4.78, 5) is 24.1. The standard InChI is InChI=1S/C25H28N2O4/c1-3-19(25(29)30)31-20-11-7-10-18-23(20)21(22(24(26)28)17-12-13-17)15(2)27(18)14-16-8-5-4-6-9-16/h4-11,17,19,22H,3,12-14H2,1-2H3,(H2,26,28)(H,29,30). The fourth-order valence-electron chi connectivity index (χ4n) is 4.47. The number of rotatable bonds is 9. The van der Waals surface area contributed by atoms with Crippen molar-refractivity contribution in [2.24, 2.45) is 11.7 Å². The summed E-state index contributed by atoms with van der Waals surface area (Å²) in [7, 11) is 0. The summed E-state index contributed by atoms with van der Waals surface area (Å²) >= 11 is 0. The van der Waals surface area contributed by atoms with Crippen molar-refractivity contribution in [3.8, 4) is 5.75 Å². The Balaban J connectivity index is 1.93. The summed E-state index contributed by atoms with van der Waals surface area (Å²) in [5, 5.41) is 10.3. The van der Waals surface area contributed by atoms with Gasteiger partial charge in [0.25, 0.3) is 0 Å². The van der Waals surface area contributed by atoms with E-state index in [0.29, 0.717) is 18.7 Å². The van der Waals surface area contributed by atoms with E-state index in [2.05, 4.69) is 16.7 Å². The summed E-state index contributed by atoms with van der Waals surface area (Å²) in [6, 6.07) is 15.8. The number of fused-ring (bicyclic) bond motifs is 1. The quantitative estimate of drug-likeness (QED) is 0.542. The van der Waals surface area contributed by atoms with Gasteiger partial charge in [-0.25, -0.2) is 4.79 Å². The van der Waals surface area contributed by atoms with Gasteiger partial charge in [0.05, 0.1) is 11.4 Å². The molecule has 0 bridgehead atoms. The van der Waals surface area contributed by atoms with Crippen molar-refractivity contribution in [3.05, 3.63) is 65.4 Å².